The molecule has 0 bridgehead atoms. The van der Waals surface area contributed by atoms with E-state index in [0.717, 1.165) is 106 Å². The Morgan fingerprint density at radius 2 is 1.77 bits per heavy atom. The Bertz CT molecular complexity index is 1370. The van der Waals surface area contributed by atoms with Crippen LogP contribution >= 0.6 is 0 Å². The van der Waals surface area contributed by atoms with Crippen LogP contribution in [0.1, 0.15) is 38.7 Å². The maximum Gasteiger partial charge on any atom is 0.573 e. The minimum absolute atomic E-state index is 0.223. The van der Waals surface area contributed by atoms with Gasteiger partial charge in [0.15, 0.2) is 0 Å². The Balaban J connectivity index is 1.33. The van der Waals surface area contributed by atoms with Gasteiger partial charge in [0.25, 0.3) is 0 Å². The first-order chi connectivity index (χ1) is 20.5. The summed E-state index contributed by atoms with van der Waals surface area (Å²) < 4.78 is 44.6. The van der Waals surface area contributed by atoms with Crippen molar-refractivity contribution in [3.63, 3.8) is 0 Å². The summed E-state index contributed by atoms with van der Waals surface area (Å²) in [6.07, 6.45) is 0.00213. The van der Waals surface area contributed by atoms with Gasteiger partial charge in [-0.3, -0.25) is 9.80 Å². The van der Waals surface area contributed by atoms with Gasteiger partial charge in [-0.05, 0) is 81.6 Å². The molecule has 0 unspecified atom stereocenters. The number of nitrogens with one attached hydrogen (secondary N) is 2. The van der Waals surface area contributed by atoms with Crippen molar-refractivity contribution >= 4 is 10.9 Å². The van der Waals surface area contributed by atoms with E-state index < -0.39 is 6.36 Å². The summed E-state index contributed by atoms with van der Waals surface area (Å²) in [5.74, 6) is -0.223. The van der Waals surface area contributed by atoms with E-state index in [-0.39, 0.29) is 11.3 Å². The van der Waals surface area contributed by atoms with Crippen molar-refractivity contribution in [1.29, 1.82) is 0 Å². The Morgan fingerprint density at radius 1 is 1.07 bits per heavy atom. The highest BCUT2D eigenvalue weighted by Gasteiger charge is 2.31. The Hall–Kier alpha value is -3.05. The molecule has 0 saturated carbocycles. The van der Waals surface area contributed by atoms with Gasteiger partial charge in [-0.1, -0.05) is 24.8 Å². The number of ether oxygens (including phenoxy) is 1. The minimum atomic E-state index is -4.72. The molecule has 1 aromatic heterocycles. The average Bonchev–Trinajstić information content (AvgIpc) is 3.33. The number of piperidine rings is 1. The molecule has 2 fully saturated rings. The molecule has 10 heteroatoms. The van der Waals surface area contributed by atoms with Crippen molar-refractivity contribution in [2.75, 3.05) is 45.8 Å². The molecule has 3 heterocycles. The summed E-state index contributed by atoms with van der Waals surface area (Å²) in [6, 6.07) is 13.3. The van der Waals surface area contributed by atoms with E-state index in [1.54, 1.807) is 12.1 Å². The molecular weight excluding hydrogens is 553 g/mol. The summed E-state index contributed by atoms with van der Waals surface area (Å²) >= 11 is 0. The van der Waals surface area contributed by atoms with Crippen molar-refractivity contribution in [3.05, 3.63) is 66.5 Å². The number of aryl methyl sites for hydroxylation is 1. The SMILES string of the molecule is C=C(NCCCn1cc(-c2ccc(OC(F)(F)F)cc2)c2cc(CN3CCN(C(C)C)CC3)ccc21)C1(N)CCNCC1. The maximum absolute atomic E-state index is 12.7. The molecule has 2 aliphatic rings. The summed E-state index contributed by atoms with van der Waals surface area (Å²) in [5.41, 5.74) is 11.3. The quantitative estimate of drug-likeness (QED) is 0.260. The first kappa shape index (κ1) is 31.4. The summed E-state index contributed by atoms with van der Waals surface area (Å²) in [4.78, 5) is 5.00. The van der Waals surface area contributed by atoms with E-state index in [4.69, 9.17) is 5.73 Å². The fraction of sp³-hybridized carbons (Fsp3) is 0.515. The number of hydrogen-bond donors (Lipinski definition) is 3. The molecule has 5 rings (SSSR count). The first-order valence-electron chi connectivity index (χ1n) is 15.4. The second-order valence-corrected chi connectivity index (χ2v) is 12.2. The normalized spacial score (nSPS) is 18.3. The Morgan fingerprint density at radius 3 is 2.42 bits per heavy atom. The molecule has 2 aromatic carbocycles. The standard InChI is InChI=1S/C33H45F3N6O/c1-24(2)41-19-17-40(18-20-41)22-26-5-10-31-29(21-26)30(27-6-8-28(9-7-27)43-33(34,35)36)23-42(31)16-4-13-39-25(3)32(37)11-14-38-15-12-32/h5-10,21,23-24,38-39H,3-4,11-20,22,37H2,1-2H3. The lowest BCUT2D eigenvalue weighted by Crippen LogP contribution is -2.53. The molecule has 2 saturated heterocycles. The topological polar surface area (TPSA) is 70.7 Å². The third-order valence-electron chi connectivity index (χ3n) is 8.90. The van der Waals surface area contributed by atoms with E-state index in [1.165, 1.54) is 17.7 Å². The number of alkyl halides is 3. The lowest BCUT2D eigenvalue weighted by Gasteiger charge is -2.37. The van der Waals surface area contributed by atoms with E-state index in [2.05, 4.69) is 74.6 Å². The third kappa shape index (κ3) is 7.92. The van der Waals surface area contributed by atoms with E-state index in [1.807, 2.05) is 0 Å². The van der Waals surface area contributed by atoms with Crippen LogP contribution in [0.3, 0.4) is 0 Å². The van der Waals surface area contributed by atoms with Crippen LogP contribution in [0.2, 0.25) is 0 Å². The highest BCUT2D eigenvalue weighted by atomic mass is 19.4. The highest BCUT2D eigenvalue weighted by Crippen LogP contribution is 2.34. The second-order valence-electron chi connectivity index (χ2n) is 12.2. The van der Waals surface area contributed by atoms with Crippen LogP contribution < -0.4 is 21.1 Å². The molecule has 0 amide bonds. The first-order valence-corrected chi connectivity index (χ1v) is 15.4. The number of fused-ring (bicyclic) bond motifs is 1. The van der Waals surface area contributed by atoms with Crippen LogP contribution in [-0.4, -0.2) is 78.1 Å². The van der Waals surface area contributed by atoms with Crippen molar-refractivity contribution < 1.29 is 17.9 Å². The number of nitrogens with zero attached hydrogens (tertiary/aromatic N) is 3. The predicted octanol–water partition coefficient (Wildman–Crippen LogP) is 5.31. The van der Waals surface area contributed by atoms with E-state index >= 15 is 0 Å². The summed E-state index contributed by atoms with van der Waals surface area (Å²) in [5, 5.41) is 7.90. The minimum Gasteiger partial charge on any atom is -0.406 e. The van der Waals surface area contributed by atoms with Gasteiger partial charge in [-0.15, -0.1) is 13.2 Å². The molecule has 234 valence electrons. The smallest absolute Gasteiger partial charge is 0.406 e. The van der Waals surface area contributed by atoms with Gasteiger partial charge in [-0.2, -0.15) is 0 Å². The van der Waals surface area contributed by atoms with Crippen LogP contribution in [0, 0.1) is 0 Å². The summed E-state index contributed by atoms with van der Waals surface area (Å²) in [7, 11) is 0. The predicted molar refractivity (Wildman–Crippen MR) is 167 cm³/mol. The number of benzene rings is 2. The van der Waals surface area contributed by atoms with Crippen molar-refractivity contribution in [2.45, 2.75) is 64.1 Å². The largest absolute Gasteiger partial charge is 0.573 e. The monoisotopic (exact) mass is 598 g/mol. The zero-order valence-corrected chi connectivity index (χ0v) is 25.3. The lowest BCUT2D eigenvalue weighted by molar-refractivity contribution is -0.274. The molecule has 7 nitrogen and oxygen atoms in total. The Labute approximate surface area is 252 Å². The van der Waals surface area contributed by atoms with E-state index in [0.29, 0.717) is 6.04 Å². The van der Waals surface area contributed by atoms with Crippen LogP contribution in [0.15, 0.2) is 60.9 Å². The van der Waals surface area contributed by atoms with Crippen molar-refractivity contribution in [1.82, 2.24) is 25.0 Å². The highest BCUT2D eigenvalue weighted by molar-refractivity contribution is 5.96. The molecule has 2 aliphatic heterocycles. The van der Waals surface area contributed by atoms with Gasteiger partial charge in [0.05, 0.1) is 5.54 Å². The molecule has 0 spiro atoms. The number of aromatic nitrogens is 1. The van der Waals surface area contributed by atoms with E-state index in [9.17, 15) is 13.2 Å². The number of nitrogens with two attached hydrogens (primary N) is 1. The molecule has 43 heavy (non-hydrogen) atoms. The van der Waals surface area contributed by atoms with Crippen LogP contribution in [0.5, 0.6) is 5.75 Å². The van der Waals surface area contributed by atoms with Gasteiger partial charge in [0.1, 0.15) is 5.75 Å². The van der Waals surface area contributed by atoms with Crippen LogP contribution in [0.25, 0.3) is 22.0 Å². The van der Waals surface area contributed by atoms with Crippen molar-refractivity contribution in [2.24, 2.45) is 5.73 Å². The van der Waals surface area contributed by atoms with Gasteiger partial charge in [0, 0.05) is 80.2 Å². The van der Waals surface area contributed by atoms with Gasteiger partial charge >= 0.3 is 6.36 Å². The zero-order chi connectivity index (χ0) is 30.6. The maximum atomic E-state index is 12.7. The molecule has 0 atom stereocenters. The number of rotatable bonds is 11. The molecule has 0 radical (unpaired) electrons. The van der Waals surface area contributed by atoms with Gasteiger partial charge < -0.3 is 25.7 Å². The molecule has 0 aliphatic carbocycles. The average molecular weight is 599 g/mol. The molecule has 3 aromatic rings. The number of hydrogen-bond acceptors (Lipinski definition) is 6. The third-order valence-corrected chi connectivity index (χ3v) is 8.90. The number of halogens is 3. The number of piperazine rings is 1. The lowest BCUT2D eigenvalue weighted by atomic mass is 9.86. The fourth-order valence-electron chi connectivity index (χ4n) is 6.23. The fourth-order valence-corrected chi connectivity index (χ4v) is 6.23. The second kappa shape index (κ2) is 13.3. The van der Waals surface area contributed by atoms with Crippen LogP contribution in [-0.2, 0) is 13.1 Å². The van der Waals surface area contributed by atoms with Crippen LogP contribution in [0.4, 0.5) is 13.2 Å². The van der Waals surface area contributed by atoms with Gasteiger partial charge in [0.2, 0.25) is 0 Å². The molecule has 4 N–H and O–H groups in total. The van der Waals surface area contributed by atoms with Crippen molar-refractivity contribution in [3.8, 4) is 16.9 Å². The summed E-state index contributed by atoms with van der Waals surface area (Å²) in [6.45, 7) is 17.1. The van der Waals surface area contributed by atoms with Gasteiger partial charge in [-0.25, -0.2) is 0 Å². The Kier molecular flexibility index (Phi) is 9.70. The zero-order valence-electron chi connectivity index (χ0n) is 25.3. The molecular formula is C33H45F3N6O.